The van der Waals surface area contributed by atoms with Crippen LogP contribution in [-0.4, -0.2) is 55.8 Å². The second-order valence-corrected chi connectivity index (χ2v) is 6.21. The van der Waals surface area contributed by atoms with Gasteiger partial charge in [0.25, 0.3) is 0 Å². The molecule has 4 nitrogen and oxygen atoms in total. The van der Waals surface area contributed by atoms with E-state index in [1.807, 2.05) is 0 Å². The highest BCUT2D eigenvalue weighted by molar-refractivity contribution is 7.99. The number of carbonyl (C=O) groups is 1. The highest BCUT2D eigenvalue weighted by atomic mass is 35.5. The zero-order valence-corrected chi connectivity index (χ0v) is 15.3. The van der Waals surface area contributed by atoms with Crippen molar-refractivity contribution in [3.05, 3.63) is 29.8 Å². The third-order valence-electron chi connectivity index (χ3n) is 3.29. The van der Waals surface area contributed by atoms with Crippen LogP contribution in [0.1, 0.15) is 5.56 Å². The van der Waals surface area contributed by atoms with Crippen LogP contribution in [0.15, 0.2) is 29.2 Å². The van der Waals surface area contributed by atoms with E-state index in [2.05, 4.69) is 46.7 Å². The number of nitrogens with one attached hydrogen (secondary N) is 2. The molecular formula is C15H25Cl2N3OS. The molecule has 1 amide bonds. The smallest absolute Gasteiger partial charge is 0.234 e. The molecule has 1 fully saturated rings. The number of rotatable bonds is 6. The third kappa shape index (κ3) is 8.25. The highest BCUT2D eigenvalue weighted by Crippen LogP contribution is 2.17. The number of aryl methyl sites for hydroxylation is 1. The van der Waals surface area contributed by atoms with E-state index in [1.54, 1.807) is 11.8 Å². The first-order chi connectivity index (χ1) is 9.74. The normalized spacial score (nSPS) is 14.6. The summed E-state index contributed by atoms with van der Waals surface area (Å²) in [6.07, 6.45) is 0. The van der Waals surface area contributed by atoms with Crippen LogP contribution in [0.4, 0.5) is 0 Å². The summed E-state index contributed by atoms with van der Waals surface area (Å²) in [6, 6.07) is 8.49. The molecule has 1 aliphatic rings. The number of nitrogens with zero attached hydrogens (tertiary/aromatic N) is 1. The molecule has 1 aliphatic heterocycles. The summed E-state index contributed by atoms with van der Waals surface area (Å²) in [5, 5.41) is 6.28. The lowest BCUT2D eigenvalue weighted by atomic mass is 10.2. The van der Waals surface area contributed by atoms with E-state index in [4.69, 9.17) is 0 Å². The van der Waals surface area contributed by atoms with Gasteiger partial charge in [-0.05, 0) is 19.1 Å². The van der Waals surface area contributed by atoms with Gasteiger partial charge in [-0.1, -0.05) is 17.7 Å². The summed E-state index contributed by atoms with van der Waals surface area (Å²) < 4.78 is 0. The van der Waals surface area contributed by atoms with Crippen LogP contribution in [0.2, 0.25) is 0 Å². The van der Waals surface area contributed by atoms with Gasteiger partial charge in [0, 0.05) is 43.4 Å². The minimum atomic E-state index is 0. The first kappa shape index (κ1) is 21.5. The Morgan fingerprint density at radius 2 is 1.86 bits per heavy atom. The maximum atomic E-state index is 11.8. The molecule has 1 heterocycles. The van der Waals surface area contributed by atoms with Crippen molar-refractivity contribution in [3.8, 4) is 0 Å². The van der Waals surface area contributed by atoms with Gasteiger partial charge in [0.2, 0.25) is 5.91 Å². The summed E-state index contributed by atoms with van der Waals surface area (Å²) >= 11 is 1.78. The molecule has 0 spiro atoms. The highest BCUT2D eigenvalue weighted by Gasteiger charge is 2.12. The van der Waals surface area contributed by atoms with Crippen molar-refractivity contribution in [3.63, 3.8) is 0 Å². The largest absolute Gasteiger partial charge is 0.354 e. The topological polar surface area (TPSA) is 44.4 Å². The Morgan fingerprint density at radius 3 is 2.50 bits per heavy atom. The summed E-state index contributed by atoms with van der Waals surface area (Å²) in [5.74, 6) is 1.05. The van der Waals surface area contributed by atoms with Crippen LogP contribution in [0, 0.1) is 6.92 Å². The Bertz CT molecular complexity index is 425. The van der Waals surface area contributed by atoms with E-state index in [0.717, 1.165) is 38.5 Å². The van der Waals surface area contributed by atoms with Crippen molar-refractivity contribution in [1.29, 1.82) is 0 Å². The lowest BCUT2D eigenvalue weighted by Gasteiger charge is -2.26. The number of halogens is 2. The van der Waals surface area contributed by atoms with Gasteiger partial charge in [0.1, 0.15) is 0 Å². The molecule has 1 saturated heterocycles. The molecule has 1 aromatic carbocycles. The minimum absolute atomic E-state index is 0. The number of piperazine rings is 1. The fraction of sp³-hybridized carbons (Fsp3) is 0.533. The molecule has 0 atom stereocenters. The van der Waals surface area contributed by atoms with Gasteiger partial charge < -0.3 is 10.6 Å². The van der Waals surface area contributed by atoms with Crippen molar-refractivity contribution in [2.75, 3.05) is 45.0 Å². The quantitative estimate of drug-likeness (QED) is 0.597. The molecule has 0 bridgehead atoms. The maximum Gasteiger partial charge on any atom is 0.234 e. The number of hydrogen-bond acceptors (Lipinski definition) is 4. The van der Waals surface area contributed by atoms with Crippen molar-refractivity contribution in [2.45, 2.75) is 11.8 Å². The molecule has 22 heavy (non-hydrogen) atoms. The number of hydrogen-bond donors (Lipinski definition) is 2. The average molecular weight is 366 g/mol. The van der Waals surface area contributed by atoms with Crippen LogP contribution in [0.3, 0.4) is 0 Å². The zero-order chi connectivity index (χ0) is 14.2. The van der Waals surface area contributed by atoms with E-state index >= 15 is 0 Å². The van der Waals surface area contributed by atoms with Gasteiger partial charge in [-0.25, -0.2) is 0 Å². The van der Waals surface area contributed by atoms with Crippen LogP contribution in [-0.2, 0) is 4.79 Å². The zero-order valence-electron chi connectivity index (χ0n) is 12.8. The predicted octanol–water partition coefficient (Wildman–Crippen LogP) is 1.95. The van der Waals surface area contributed by atoms with E-state index in [1.165, 1.54) is 10.5 Å². The van der Waals surface area contributed by atoms with Crippen molar-refractivity contribution in [2.24, 2.45) is 0 Å². The molecule has 2 N–H and O–H groups in total. The summed E-state index contributed by atoms with van der Waals surface area (Å²) in [5.41, 5.74) is 1.28. The second-order valence-electron chi connectivity index (χ2n) is 5.04. The standard InChI is InChI=1S/C15H23N3OS.2ClH/c1-13-2-4-14(5-3-13)20-11-8-17-15(19)12-18-9-6-16-7-10-18;;/h2-5,16H,6-12H2,1H3,(H,17,19);2*1H. The van der Waals surface area contributed by atoms with Crippen LogP contribution >= 0.6 is 36.6 Å². The van der Waals surface area contributed by atoms with Crippen LogP contribution in [0.5, 0.6) is 0 Å². The van der Waals surface area contributed by atoms with Gasteiger partial charge in [0.15, 0.2) is 0 Å². The summed E-state index contributed by atoms with van der Waals surface area (Å²) in [7, 11) is 0. The number of benzene rings is 1. The van der Waals surface area contributed by atoms with E-state index in [9.17, 15) is 4.79 Å². The Hall–Kier alpha value is -0.460. The molecule has 0 aliphatic carbocycles. The van der Waals surface area contributed by atoms with E-state index < -0.39 is 0 Å². The molecule has 1 aromatic rings. The molecule has 0 saturated carbocycles. The first-order valence-corrected chi connectivity index (χ1v) is 8.12. The molecule has 0 unspecified atom stereocenters. The number of amides is 1. The Labute approximate surface area is 149 Å². The van der Waals surface area contributed by atoms with Crippen LogP contribution < -0.4 is 10.6 Å². The van der Waals surface area contributed by atoms with Crippen molar-refractivity contribution in [1.82, 2.24) is 15.5 Å². The van der Waals surface area contributed by atoms with Gasteiger partial charge in [-0.2, -0.15) is 0 Å². The van der Waals surface area contributed by atoms with Gasteiger partial charge >= 0.3 is 0 Å². The second kappa shape index (κ2) is 12.0. The summed E-state index contributed by atoms with van der Waals surface area (Å²) in [4.78, 5) is 15.2. The monoisotopic (exact) mass is 365 g/mol. The fourth-order valence-corrected chi connectivity index (χ4v) is 2.89. The fourth-order valence-electron chi connectivity index (χ4n) is 2.12. The first-order valence-electron chi connectivity index (χ1n) is 7.13. The SMILES string of the molecule is Cc1ccc(SCCNC(=O)CN2CCNCC2)cc1.Cl.Cl. The number of carbonyl (C=O) groups excluding carboxylic acids is 1. The Kier molecular flexibility index (Phi) is 11.8. The Balaban J connectivity index is 0.00000220. The van der Waals surface area contributed by atoms with Crippen molar-refractivity contribution < 1.29 is 4.79 Å². The maximum absolute atomic E-state index is 11.8. The van der Waals surface area contributed by atoms with E-state index in [-0.39, 0.29) is 30.7 Å². The molecule has 0 radical (unpaired) electrons. The minimum Gasteiger partial charge on any atom is -0.354 e. The van der Waals surface area contributed by atoms with Gasteiger partial charge in [-0.3, -0.25) is 9.69 Å². The predicted molar refractivity (Wildman–Crippen MR) is 98.7 cm³/mol. The summed E-state index contributed by atoms with van der Waals surface area (Å²) in [6.45, 7) is 7.23. The van der Waals surface area contributed by atoms with E-state index in [0.29, 0.717) is 6.54 Å². The molecule has 126 valence electrons. The molecule has 0 aromatic heterocycles. The lowest BCUT2D eigenvalue weighted by Crippen LogP contribution is -2.47. The number of thioether (sulfide) groups is 1. The van der Waals surface area contributed by atoms with Gasteiger partial charge in [0.05, 0.1) is 6.54 Å². The lowest BCUT2D eigenvalue weighted by molar-refractivity contribution is -0.122. The van der Waals surface area contributed by atoms with Crippen molar-refractivity contribution >= 4 is 42.5 Å². The third-order valence-corrected chi connectivity index (χ3v) is 4.30. The van der Waals surface area contributed by atoms with Gasteiger partial charge in [-0.15, -0.1) is 36.6 Å². The average Bonchev–Trinajstić information content (AvgIpc) is 2.46. The molecule has 2 rings (SSSR count). The van der Waals surface area contributed by atoms with Crippen LogP contribution in [0.25, 0.3) is 0 Å². The Morgan fingerprint density at radius 1 is 1.23 bits per heavy atom. The molecule has 7 heteroatoms. The molecular weight excluding hydrogens is 341 g/mol.